The van der Waals surface area contributed by atoms with Gasteiger partial charge in [-0.25, -0.2) is 14.2 Å². The maximum Gasteiger partial charge on any atom is 0.295 e. The van der Waals surface area contributed by atoms with Crippen LogP contribution in [0, 0.1) is 20.8 Å². The highest BCUT2D eigenvalue weighted by Gasteiger charge is 2.23. The van der Waals surface area contributed by atoms with E-state index in [1.165, 1.54) is 16.4 Å². The van der Waals surface area contributed by atoms with Crippen LogP contribution in [0.2, 0.25) is 0 Å². The fourth-order valence-corrected chi connectivity index (χ4v) is 4.09. The second-order valence-electron chi connectivity index (χ2n) is 7.33. The molecule has 1 N–H and O–H groups in total. The van der Waals surface area contributed by atoms with Crippen LogP contribution in [0.4, 0.5) is 5.69 Å². The van der Waals surface area contributed by atoms with Crippen LogP contribution in [0.3, 0.4) is 0 Å². The lowest BCUT2D eigenvalue weighted by Gasteiger charge is -2.09. The summed E-state index contributed by atoms with van der Waals surface area (Å²) in [5.74, 6) is 0.202. The maximum atomic E-state index is 13.0. The molecule has 4 aromatic rings. The van der Waals surface area contributed by atoms with Crippen LogP contribution in [-0.4, -0.2) is 40.1 Å². The summed E-state index contributed by atoms with van der Waals surface area (Å²) in [5, 5.41) is 7.17. The van der Waals surface area contributed by atoms with Crippen LogP contribution in [0.1, 0.15) is 24.0 Å². The van der Waals surface area contributed by atoms with E-state index < -0.39 is 5.25 Å². The van der Waals surface area contributed by atoms with Crippen molar-refractivity contribution >= 4 is 29.1 Å². The molecular formula is C21H23N7O2S. The summed E-state index contributed by atoms with van der Waals surface area (Å²) in [4.78, 5) is 34.6. The summed E-state index contributed by atoms with van der Waals surface area (Å²) in [6.07, 6.45) is 0. The van der Waals surface area contributed by atoms with Gasteiger partial charge in [0.1, 0.15) is 5.69 Å². The minimum Gasteiger partial charge on any atom is -0.319 e. The highest BCUT2D eigenvalue weighted by molar-refractivity contribution is 8.00. The van der Waals surface area contributed by atoms with Crippen molar-refractivity contribution in [2.24, 2.45) is 7.05 Å². The molecule has 3 heterocycles. The molecule has 1 aromatic carbocycles. The molecule has 1 unspecified atom stereocenters. The number of aromatic nitrogens is 6. The SMILES string of the molecule is Cc1cc(C)n2nc(SC(C)C(=O)Nc3c(C)n(C)n(-c4ccccc4)c3=O)nc2n1. The Morgan fingerprint density at radius 2 is 1.84 bits per heavy atom. The Bertz CT molecular complexity index is 1340. The Labute approximate surface area is 183 Å². The third-order valence-corrected chi connectivity index (χ3v) is 6.00. The smallest absolute Gasteiger partial charge is 0.295 e. The lowest BCUT2D eigenvalue weighted by Crippen LogP contribution is -2.27. The number of anilines is 1. The molecule has 3 aromatic heterocycles. The number of thioether (sulfide) groups is 1. The van der Waals surface area contributed by atoms with Gasteiger partial charge in [0.15, 0.2) is 0 Å². The van der Waals surface area contributed by atoms with Gasteiger partial charge in [0.25, 0.3) is 11.3 Å². The highest BCUT2D eigenvalue weighted by Crippen LogP contribution is 2.22. The van der Waals surface area contributed by atoms with Crippen molar-refractivity contribution in [3.05, 3.63) is 63.8 Å². The van der Waals surface area contributed by atoms with Gasteiger partial charge in [-0.05, 0) is 45.9 Å². The van der Waals surface area contributed by atoms with Gasteiger partial charge in [-0.1, -0.05) is 30.0 Å². The van der Waals surface area contributed by atoms with Crippen molar-refractivity contribution in [3.8, 4) is 5.69 Å². The Hall–Kier alpha value is -3.40. The van der Waals surface area contributed by atoms with Crippen molar-refractivity contribution in [3.63, 3.8) is 0 Å². The molecule has 0 spiro atoms. The molecule has 10 heteroatoms. The third kappa shape index (κ3) is 3.86. The average Bonchev–Trinajstić information content (AvgIpc) is 3.22. The van der Waals surface area contributed by atoms with Crippen molar-refractivity contribution in [2.45, 2.75) is 38.1 Å². The number of para-hydroxylation sites is 1. The van der Waals surface area contributed by atoms with Gasteiger partial charge >= 0.3 is 0 Å². The third-order valence-electron chi connectivity index (χ3n) is 5.05. The lowest BCUT2D eigenvalue weighted by molar-refractivity contribution is -0.115. The van der Waals surface area contributed by atoms with E-state index >= 15 is 0 Å². The van der Waals surface area contributed by atoms with Gasteiger partial charge in [-0.3, -0.25) is 14.3 Å². The molecule has 0 aliphatic heterocycles. The van der Waals surface area contributed by atoms with Crippen LogP contribution in [0.5, 0.6) is 0 Å². The quantitative estimate of drug-likeness (QED) is 0.482. The molecule has 0 fully saturated rings. The van der Waals surface area contributed by atoms with Crippen molar-refractivity contribution < 1.29 is 4.79 Å². The normalized spacial score (nSPS) is 12.3. The second kappa shape index (κ2) is 8.03. The summed E-state index contributed by atoms with van der Waals surface area (Å²) >= 11 is 1.22. The minimum absolute atomic E-state index is 0.264. The first-order valence-electron chi connectivity index (χ1n) is 9.79. The standard InChI is InChI=1S/C21H23N7O2S/c1-12-11-13(2)27-20(22-12)24-21(25-27)31-15(4)18(29)23-17-14(3)26(5)28(19(17)30)16-9-7-6-8-10-16/h6-11,15H,1-5H3,(H,23,29). The Balaban J connectivity index is 1.56. The monoisotopic (exact) mass is 437 g/mol. The zero-order chi connectivity index (χ0) is 22.3. The number of carbonyl (C=O) groups is 1. The molecule has 160 valence electrons. The van der Waals surface area contributed by atoms with Gasteiger partial charge in [-0.2, -0.15) is 4.98 Å². The Morgan fingerprint density at radius 1 is 1.13 bits per heavy atom. The zero-order valence-corrected chi connectivity index (χ0v) is 18.8. The molecule has 0 saturated heterocycles. The van der Waals surface area contributed by atoms with E-state index in [0.29, 0.717) is 16.6 Å². The number of nitrogens with zero attached hydrogens (tertiary/aromatic N) is 6. The molecule has 0 aliphatic carbocycles. The van der Waals surface area contributed by atoms with Gasteiger partial charge < -0.3 is 5.32 Å². The fraction of sp³-hybridized carbons (Fsp3) is 0.286. The molecule has 0 bridgehead atoms. The first-order chi connectivity index (χ1) is 14.8. The number of carbonyl (C=O) groups excluding carboxylic acids is 1. The zero-order valence-electron chi connectivity index (χ0n) is 17.9. The van der Waals surface area contributed by atoms with Crippen molar-refractivity contribution in [2.75, 3.05) is 5.32 Å². The molecule has 1 amide bonds. The Morgan fingerprint density at radius 3 is 2.55 bits per heavy atom. The molecular weight excluding hydrogens is 414 g/mol. The number of nitrogens with one attached hydrogen (secondary N) is 1. The van der Waals surface area contributed by atoms with Crippen LogP contribution < -0.4 is 10.9 Å². The van der Waals surface area contributed by atoms with Gasteiger partial charge in [-0.15, -0.1) is 5.10 Å². The van der Waals surface area contributed by atoms with Crippen molar-refractivity contribution in [1.29, 1.82) is 0 Å². The van der Waals surface area contributed by atoms with E-state index in [1.807, 2.05) is 50.2 Å². The van der Waals surface area contributed by atoms with E-state index in [0.717, 1.165) is 17.1 Å². The van der Waals surface area contributed by atoms with E-state index in [-0.39, 0.29) is 17.2 Å². The van der Waals surface area contributed by atoms with E-state index in [2.05, 4.69) is 20.4 Å². The van der Waals surface area contributed by atoms with Crippen LogP contribution in [0.25, 0.3) is 11.5 Å². The van der Waals surface area contributed by atoms with Crippen LogP contribution >= 0.6 is 11.8 Å². The second-order valence-corrected chi connectivity index (χ2v) is 8.64. The molecule has 0 aliphatic rings. The molecule has 9 nitrogen and oxygen atoms in total. The number of aryl methyl sites for hydroxylation is 2. The van der Waals surface area contributed by atoms with Gasteiger partial charge in [0, 0.05) is 18.4 Å². The largest absolute Gasteiger partial charge is 0.319 e. The Kier molecular flexibility index (Phi) is 5.40. The fourth-order valence-electron chi connectivity index (χ4n) is 3.35. The van der Waals surface area contributed by atoms with Crippen molar-refractivity contribution in [1.82, 2.24) is 28.9 Å². The predicted molar refractivity (Wildman–Crippen MR) is 120 cm³/mol. The summed E-state index contributed by atoms with van der Waals surface area (Å²) < 4.78 is 4.91. The summed E-state index contributed by atoms with van der Waals surface area (Å²) in [5.41, 5.74) is 3.15. The summed E-state index contributed by atoms with van der Waals surface area (Å²) in [7, 11) is 1.79. The van der Waals surface area contributed by atoms with Crippen LogP contribution in [0.15, 0.2) is 46.3 Å². The first-order valence-corrected chi connectivity index (χ1v) is 10.7. The summed E-state index contributed by atoms with van der Waals surface area (Å²) in [6, 6.07) is 11.2. The maximum absolute atomic E-state index is 13.0. The number of amides is 1. The molecule has 4 rings (SSSR count). The number of hydrogen-bond donors (Lipinski definition) is 1. The van der Waals surface area contributed by atoms with Gasteiger partial charge in [0.05, 0.1) is 16.6 Å². The first kappa shape index (κ1) is 20.9. The van der Waals surface area contributed by atoms with E-state index in [9.17, 15) is 9.59 Å². The van der Waals surface area contributed by atoms with Crippen LogP contribution in [-0.2, 0) is 11.8 Å². The molecule has 0 radical (unpaired) electrons. The van der Waals surface area contributed by atoms with Gasteiger partial charge in [0.2, 0.25) is 11.1 Å². The number of fused-ring (bicyclic) bond motifs is 1. The predicted octanol–water partition coefficient (Wildman–Crippen LogP) is 2.66. The lowest BCUT2D eigenvalue weighted by atomic mass is 10.3. The number of rotatable bonds is 5. The molecule has 1 atom stereocenters. The van der Waals surface area contributed by atoms with E-state index in [1.54, 1.807) is 30.1 Å². The summed E-state index contributed by atoms with van der Waals surface area (Å²) in [6.45, 7) is 7.38. The average molecular weight is 438 g/mol. The molecule has 31 heavy (non-hydrogen) atoms. The topological polar surface area (TPSA) is 99.1 Å². The number of benzene rings is 1. The minimum atomic E-state index is -0.511. The number of hydrogen-bond acceptors (Lipinski definition) is 6. The van der Waals surface area contributed by atoms with E-state index in [4.69, 9.17) is 0 Å². The molecule has 0 saturated carbocycles. The highest BCUT2D eigenvalue weighted by atomic mass is 32.2.